The number of anilines is 1. The maximum absolute atomic E-state index is 12.8. The van der Waals surface area contributed by atoms with E-state index in [1.807, 2.05) is 16.3 Å². The molecule has 2 aromatic rings. The SMILES string of the molecule is CNc1nccnc1[C@H]1CN(C(=O)c2csc(C(C)C)c2)CCO1. The lowest BCUT2D eigenvalue weighted by Crippen LogP contribution is -2.42. The molecule has 0 aromatic carbocycles. The fourth-order valence-corrected chi connectivity index (χ4v) is 3.63. The van der Waals surface area contributed by atoms with Gasteiger partial charge in [0.1, 0.15) is 17.6 Å². The number of hydrogen-bond acceptors (Lipinski definition) is 6. The Hall–Kier alpha value is -1.99. The molecule has 0 spiro atoms. The third-order valence-corrected chi connectivity index (χ3v) is 5.29. The molecule has 1 saturated heterocycles. The first kappa shape index (κ1) is 16.9. The molecule has 7 heteroatoms. The number of thiophene rings is 1. The van der Waals surface area contributed by atoms with Crippen molar-refractivity contribution in [1.29, 1.82) is 0 Å². The van der Waals surface area contributed by atoms with Gasteiger partial charge in [0, 0.05) is 36.2 Å². The van der Waals surface area contributed by atoms with E-state index in [-0.39, 0.29) is 12.0 Å². The molecule has 6 nitrogen and oxygen atoms in total. The largest absolute Gasteiger partial charge is 0.372 e. The Morgan fingerprint density at radius 1 is 1.42 bits per heavy atom. The molecule has 128 valence electrons. The molecule has 0 bridgehead atoms. The summed E-state index contributed by atoms with van der Waals surface area (Å²) in [5.41, 5.74) is 1.50. The second kappa shape index (κ2) is 7.27. The number of aromatic nitrogens is 2. The Balaban J connectivity index is 1.76. The summed E-state index contributed by atoms with van der Waals surface area (Å²) >= 11 is 1.64. The van der Waals surface area contributed by atoms with Crippen LogP contribution >= 0.6 is 11.3 Å². The molecule has 3 heterocycles. The van der Waals surface area contributed by atoms with Gasteiger partial charge in [-0.25, -0.2) is 4.98 Å². The summed E-state index contributed by atoms with van der Waals surface area (Å²) < 4.78 is 5.83. The molecule has 24 heavy (non-hydrogen) atoms. The third kappa shape index (κ3) is 3.42. The summed E-state index contributed by atoms with van der Waals surface area (Å²) in [5, 5.41) is 4.98. The third-order valence-electron chi connectivity index (χ3n) is 4.06. The lowest BCUT2D eigenvalue weighted by Gasteiger charge is -2.33. The molecule has 1 atom stereocenters. The first-order valence-electron chi connectivity index (χ1n) is 8.08. The lowest BCUT2D eigenvalue weighted by molar-refractivity contribution is -0.0245. The van der Waals surface area contributed by atoms with Gasteiger partial charge in [-0.15, -0.1) is 11.3 Å². The molecule has 1 fully saturated rings. The zero-order valence-electron chi connectivity index (χ0n) is 14.2. The van der Waals surface area contributed by atoms with Gasteiger partial charge in [0.2, 0.25) is 0 Å². The van der Waals surface area contributed by atoms with Crippen molar-refractivity contribution >= 4 is 23.1 Å². The molecule has 0 unspecified atom stereocenters. The van der Waals surface area contributed by atoms with Crippen molar-refractivity contribution in [2.45, 2.75) is 25.9 Å². The molecule has 2 aromatic heterocycles. The van der Waals surface area contributed by atoms with Crippen LogP contribution in [0.4, 0.5) is 5.82 Å². The van der Waals surface area contributed by atoms with Gasteiger partial charge in [0.25, 0.3) is 5.91 Å². The smallest absolute Gasteiger partial charge is 0.254 e. The average Bonchev–Trinajstić information content (AvgIpc) is 3.11. The Bertz CT molecular complexity index is 716. The lowest BCUT2D eigenvalue weighted by atomic mass is 10.1. The van der Waals surface area contributed by atoms with E-state index in [1.165, 1.54) is 4.88 Å². The van der Waals surface area contributed by atoms with Crippen LogP contribution in [-0.2, 0) is 4.74 Å². The van der Waals surface area contributed by atoms with Crippen LogP contribution in [0, 0.1) is 0 Å². The zero-order chi connectivity index (χ0) is 17.1. The van der Waals surface area contributed by atoms with Gasteiger partial charge in [-0.1, -0.05) is 13.8 Å². The zero-order valence-corrected chi connectivity index (χ0v) is 15.0. The highest BCUT2D eigenvalue weighted by Gasteiger charge is 2.29. The number of ether oxygens (including phenoxy) is 1. The summed E-state index contributed by atoms with van der Waals surface area (Å²) in [4.78, 5) is 24.5. The Kier molecular flexibility index (Phi) is 5.11. The van der Waals surface area contributed by atoms with Gasteiger partial charge in [0.15, 0.2) is 0 Å². The van der Waals surface area contributed by atoms with Crippen LogP contribution in [-0.4, -0.2) is 47.5 Å². The summed E-state index contributed by atoms with van der Waals surface area (Å²) in [7, 11) is 1.80. The molecule has 1 N–H and O–H groups in total. The van der Waals surface area contributed by atoms with Crippen LogP contribution in [0.5, 0.6) is 0 Å². The van der Waals surface area contributed by atoms with Crippen molar-refractivity contribution in [2.75, 3.05) is 32.1 Å². The van der Waals surface area contributed by atoms with E-state index in [1.54, 1.807) is 30.8 Å². The van der Waals surface area contributed by atoms with Gasteiger partial charge >= 0.3 is 0 Å². The normalized spacial score (nSPS) is 18.0. The van der Waals surface area contributed by atoms with Crippen molar-refractivity contribution in [3.05, 3.63) is 40.0 Å². The maximum Gasteiger partial charge on any atom is 0.254 e. The number of nitrogens with zero attached hydrogens (tertiary/aromatic N) is 3. The highest BCUT2D eigenvalue weighted by molar-refractivity contribution is 7.10. The van der Waals surface area contributed by atoms with Crippen molar-refractivity contribution in [2.24, 2.45) is 0 Å². The summed E-state index contributed by atoms with van der Waals surface area (Å²) in [5.74, 6) is 1.18. The standard InChI is InChI=1S/C17H22N4O2S/c1-11(2)14-8-12(10-24-14)17(22)21-6-7-23-13(9-21)15-16(18-3)20-5-4-19-15/h4-5,8,10-11,13H,6-7,9H2,1-3H3,(H,18,20)/t13-/m1/s1. The van der Waals surface area contributed by atoms with Crippen LogP contribution in [0.3, 0.4) is 0 Å². The monoisotopic (exact) mass is 346 g/mol. The van der Waals surface area contributed by atoms with E-state index in [2.05, 4.69) is 29.1 Å². The summed E-state index contributed by atoms with van der Waals surface area (Å²) in [6.07, 6.45) is 3.02. The van der Waals surface area contributed by atoms with Gasteiger partial charge in [0.05, 0.1) is 18.7 Å². The first-order valence-corrected chi connectivity index (χ1v) is 8.96. The van der Waals surface area contributed by atoms with Crippen molar-refractivity contribution in [3.63, 3.8) is 0 Å². The van der Waals surface area contributed by atoms with E-state index in [9.17, 15) is 4.79 Å². The van der Waals surface area contributed by atoms with E-state index >= 15 is 0 Å². The number of nitrogens with one attached hydrogen (secondary N) is 1. The molecule has 1 aliphatic heterocycles. The number of carbonyl (C=O) groups is 1. The van der Waals surface area contributed by atoms with E-state index < -0.39 is 0 Å². The minimum absolute atomic E-state index is 0.0568. The maximum atomic E-state index is 12.8. The van der Waals surface area contributed by atoms with Crippen LogP contribution < -0.4 is 5.32 Å². The predicted octanol–water partition coefficient (Wildman–Crippen LogP) is 2.92. The second-order valence-corrected chi connectivity index (χ2v) is 6.99. The average molecular weight is 346 g/mol. The van der Waals surface area contributed by atoms with E-state index in [0.717, 1.165) is 11.3 Å². The predicted molar refractivity (Wildman–Crippen MR) is 94.6 cm³/mol. The Morgan fingerprint density at radius 3 is 2.92 bits per heavy atom. The minimum atomic E-state index is -0.262. The van der Waals surface area contributed by atoms with Crippen LogP contribution in [0.25, 0.3) is 0 Å². The first-order chi connectivity index (χ1) is 11.6. The van der Waals surface area contributed by atoms with Crippen molar-refractivity contribution in [3.8, 4) is 0 Å². The molecule has 0 saturated carbocycles. The number of carbonyl (C=O) groups excluding carboxylic acids is 1. The van der Waals surface area contributed by atoms with Crippen LogP contribution in [0.1, 0.15) is 46.8 Å². The molecule has 0 radical (unpaired) electrons. The van der Waals surface area contributed by atoms with Crippen LogP contribution in [0.15, 0.2) is 23.8 Å². The second-order valence-electron chi connectivity index (χ2n) is 6.04. The van der Waals surface area contributed by atoms with Gasteiger partial charge in [-0.3, -0.25) is 9.78 Å². The number of morpholine rings is 1. The number of rotatable bonds is 4. The summed E-state index contributed by atoms with van der Waals surface area (Å²) in [6, 6.07) is 2.00. The highest BCUT2D eigenvalue weighted by atomic mass is 32.1. The van der Waals surface area contributed by atoms with Gasteiger partial charge < -0.3 is 15.0 Å². The van der Waals surface area contributed by atoms with E-state index in [4.69, 9.17) is 4.74 Å². The summed E-state index contributed by atoms with van der Waals surface area (Å²) in [6.45, 7) is 5.85. The molecule has 0 aliphatic carbocycles. The minimum Gasteiger partial charge on any atom is -0.372 e. The fraction of sp³-hybridized carbons (Fsp3) is 0.471. The van der Waals surface area contributed by atoms with Crippen molar-refractivity contribution in [1.82, 2.24) is 14.9 Å². The number of amides is 1. The Morgan fingerprint density at radius 2 is 2.21 bits per heavy atom. The van der Waals surface area contributed by atoms with E-state index in [0.29, 0.717) is 31.4 Å². The van der Waals surface area contributed by atoms with Gasteiger partial charge in [-0.05, 0) is 12.0 Å². The number of hydrogen-bond donors (Lipinski definition) is 1. The molecular weight excluding hydrogens is 324 g/mol. The highest BCUT2D eigenvalue weighted by Crippen LogP contribution is 2.28. The topological polar surface area (TPSA) is 67.4 Å². The molecule has 1 amide bonds. The molecule has 3 rings (SSSR count). The Labute approximate surface area is 145 Å². The molecular formula is C17H22N4O2S. The van der Waals surface area contributed by atoms with Crippen LogP contribution in [0.2, 0.25) is 0 Å². The quantitative estimate of drug-likeness (QED) is 0.922. The fourth-order valence-electron chi connectivity index (χ4n) is 2.73. The van der Waals surface area contributed by atoms with Gasteiger partial charge in [-0.2, -0.15) is 0 Å². The van der Waals surface area contributed by atoms with Crippen molar-refractivity contribution < 1.29 is 9.53 Å². The molecule has 1 aliphatic rings.